The Morgan fingerprint density at radius 3 is 2.56 bits per heavy atom. The van der Waals surface area contributed by atoms with Crippen molar-refractivity contribution in [1.29, 1.82) is 0 Å². The van der Waals surface area contributed by atoms with Gasteiger partial charge in [0.05, 0.1) is 0 Å². The van der Waals surface area contributed by atoms with Gasteiger partial charge in [-0.3, -0.25) is 0 Å². The molecule has 0 saturated heterocycles. The van der Waals surface area contributed by atoms with Crippen LogP contribution < -0.4 is 0 Å². The van der Waals surface area contributed by atoms with Crippen molar-refractivity contribution in [3.8, 4) is 0 Å². The summed E-state index contributed by atoms with van der Waals surface area (Å²) in [6.07, 6.45) is 9.73. The van der Waals surface area contributed by atoms with Crippen LogP contribution in [0.4, 0.5) is 0 Å². The average Bonchev–Trinajstić information content (AvgIpc) is 1.81. The molecule has 1 heteroatoms. The number of unbranched alkanes of at least 4 members (excludes halogenated alkanes) is 2. The Kier molecular flexibility index (Phi) is 14.2. The van der Waals surface area contributed by atoms with Crippen LogP contribution in [0.15, 0.2) is 24.8 Å². The summed E-state index contributed by atoms with van der Waals surface area (Å²) in [6, 6.07) is 0. The van der Waals surface area contributed by atoms with Gasteiger partial charge >= 0.3 is 0 Å². The monoisotopic (exact) mass is 169 g/mol. The minimum absolute atomic E-state index is 0. The first-order chi connectivity index (χ1) is 3.91. The van der Waals surface area contributed by atoms with Gasteiger partial charge in [-0.25, -0.2) is 0 Å². The third kappa shape index (κ3) is 11.5. The molecule has 0 N–H and O–H groups in total. The molecule has 55 valence electrons. The van der Waals surface area contributed by atoms with Crippen molar-refractivity contribution in [3.05, 3.63) is 24.8 Å². The molecule has 9 heavy (non-hydrogen) atoms. The molecule has 0 aliphatic heterocycles. The molecule has 0 aromatic heterocycles. The Morgan fingerprint density at radius 1 is 1.44 bits per heavy atom. The van der Waals surface area contributed by atoms with E-state index in [-0.39, 0.29) is 16.8 Å². The Morgan fingerprint density at radius 2 is 2.11 bits per heavy atom. The van der Waals surface area contributed by atoms with Gasteiger partial charge in [0, 0.05) is 16.8 Å². The van der Waals surface area contributed by atoms with E-state index in [1.54, 1.807) is 0 Å². The van der Waals surface area contributed by atoms with Crippen molar-refractivity contribution in [1.82, 2.24) is 0 Å². The number of hydrogen-bond acceptors (Lipinski definition) is 0. The number of rotatable bonds is 4. The van der Waals surface area contributed by atoms with Crippen LogP contribution in [0.25, 0.3) is 0 Å². The Labute approximate surface area is 68.2 Å². The minimum Gasteiger partial charge on any atom is -0.0991 e. The fourth-order valence-corrected chi connectivity index (χ4v) is 0.514. The van der Waals surface area contributed by atoms with E-state index in [4.69, 9.17) is 0 Å². The molecule has 0 saturated carbocycles. The van der Waals surface area contributed by atoms with Crippen molar-refractivity contribution in [2.45, 2.75) is 26.2 Å². The summed E-state index contributed by atoms with van der Waals surface area (Å²) < 4.78 is 0. The Hall–Kier alpha value is -0.0135. The van der Waals surface area contributed by atoms with Crippen molar-refractivity contribution in [2.24, 2.45) is 0 Å². The number of hydrogen-bond donors (Lipinski definition) is 0. The second kappa shape index (κ2) is 10.9. The van der Waals surface area contributed by atoms with Crippen molar-refractivity contribution < 1.29 is 16.8 Å². The number of allylic oxidation sites excluding steroid dienone is 3. The summed E-state index contributed by atoms with van der Waals surface area (Å²) in [5.74, 6) is 0. The first-order valence-corrected chi connectivity index (χ1v) is 3.19. The van der Waals surface area contributed by atoms with Crippen molar-refractivity contribution in [2.75, 3.05) is 0 Å². The van der Waals surface area contributed by atoms with Gasteiger partial charge in [-0.15, -0.1) is 0 Å². The maximum Gasteiger partial charge on any atom is 0 e. The van der Waals surface area contributed by atoms with Crippen LogP contribution in [-0.2, 0) is 16.8 Å². The van der Waals surface area contributed by atoms with E-state index >= 15 is 0 Å². The van der Waals surface area contributed by atoms with E-state index in [0.717, 1.165) is 0 Å². The molecule has 0 rings (SSSR count). The zero-order chi connectivity index (χ0) is 6.24. The molecule has 0 aliphatic carbocycles. The van der Waals surface area contributed by atoms with Gasteiger partial charge in [0.25, 0.3) is 0 Å². The van der Waals surface area contributed by atoms with E-state index in [9.17, 15) is 0 Å². The predicted molar refractivity (Wildman–Crippen MR) is 38.9 cm³/mol. The van der Waals surface area contributed by atoms with Crippen LogP contribution in [0.5, 0.6) is 0 Å². The molecule has 0 unspecified atom stereocenters. The molecule has 0 spiro atoms. The molecule has 0 nitrogen and oxygen atoms in total. The first kappa shape index (κ1) is 11.7. The molecule has 0 amide bonds. The third-order valence-corrected chi connectivity index (χ3v) is 0.997. The van der Waals surface area contributed by atoms with E-state index in [2.05, 4.69) is 19.6 Å². The van der Waals surface area contributed by atoms with Crippen LogP contribution >= 0.6 is 0 Å². The normalized spacial score (nSPS) is 9.00. The Balaban J connectivity index is 0. The first-order valence-electron chi connectivity index (χ1n) is 3.19. The molecule has 0 fully saturated rings. The summed E-state index contributed by atoms with van der Waals surface area (Å²) >= 11 is 0. The van der Waals surface area contributed by atoms with Gasteiger partial charge in [0.2, 0.25) is 0 Å². The zero-order valence-electron chi connectivity index (χ0n) is 5.89. The van der Waals surface area contributed by atoms with Gasteiger partial charge in [0.15, 0.2) is 0 Å². The van der Waals surface area contributed by atoms with Crippen LogP contribution in [0.3, 0.4) is 0 Å². The molecule has 0 bridgehead atoms. The maximum absolute atomic E-state index is 3.57. The standard InChI is InChI=1S/C8H14.Co/c1-3-5-7-8-6-4-2;/h3,5,7H,1,4,6,8H2,2H3;. The van der Waals surface area contributed by atoms with Crippen molar-refractivity contribution in [3.63, 3.8) is 0 Å². The quantitative estimate of drug-likeness (QED) is 0.448. The summed E-state index contributed by atoms with van der Waals surface area (Å²) in [7, 11) is 0. The van der Waals surface area contributed by atoms with Crippen LogP contribution in [-0.4, -0.2) is 0 Å². The van der Waals surface area contributed by atoms with Crippen LogP contribution in [0.1, 0.15) is 26.2 Å². The minimum atomic E-state index is 0. The van der Waals surface area contributed by atoms with Crippen LogP contribution in [0, 0.1) is 0 Å². The molecular weight excluding hydrogens is 155 g/mol. The zero-order valence-corrected chi connectivity index (χ0v) is 6.93. The van der Waals surface area contributed by atoms with E-state index in [1.807, 2.05) is 12.2 Å². The molecule has 0 atom stereocenters. The predicted octanol–water partition coefficient (Wildman–Crippen LogP) is 2.92. The third-order valence-electron chi connectivity index (χ3n) is 0.997. The van der Waals surface area contributed by atoms with Crippen molar-refractivity contribution >= 4 is 0 Å². The summed E-state index contributed by atoms with van der Waals surface area (Å²) in [6.45, 7) is 5.77. The molecule has 1 radical (unpaired) electrons. The molecule has 0 heterocycles. The molecule has 0 aromatic rings. The van der Waals surface area contributed by atoms with Gasteiger partial charge < -0.3 is 0 Å². The van der Waals surface area contributed by atoms with Crippen LogP contribution in [0.2, 0.25) is 0 Å². The molecule has 0 aromatic carbocycles. The second-order valence-electron chi connectivity index (χ2n) is 1.81. The smallest absolute Gasteiger partial charge is 0 e. The van der Waals surface area contributed by atoms with E-state index < -0.39 is 0 Å². The van der Waals surface area contributed by atoms with Gasteiger partial charge in [-0.1, -0.05) is 44.6 Å². The fourth-order valence-electron chi connectivity index (χ4n) is 0.514. The Bertz CT molecular complexity index is 74.6. The van der Waals surface area contributed by atoms with Gasteiger partial charge in [-0.2, -0.15) is 0 Å². The topological polar surface area (TPSA) is 0 Å². The van der Waals surface area contributed by atoms with Gasteiger partial charge in [0.1, 0.15) is 0 Å². The molecule has 0 aliphatic rings. The summed E-state index contributed by atoms with van der Waals surface area (Å²) in [5, 5.41) is 0. The molecular formula is C8H14Co. The summed E-state index contributed by atoms with van der Waals surface area (Å²) in [4.78, 5) is 0. The summed E-state index contributed by atoms with van der Waals surface area (Å²) in [5.41, 5.74) is 0. The van der Waals surface area contributed by atoms with E-state index in [0.29, 0.717) is 0 Å². The largest absolute Gasteiger partial charge is 0.0991 e. The average molecular weight is 169 g/mol. The van der Waals surface area contributed by atoms with Gasteiger partial charge in [-0.05, 0) is 6.42 Å². The fraction of sp³-hybridized carbons (Fsp3) is 0.500. The second-order valence-corrected chi connectivity index (χ2v) is 1.81. The van der Waals surface area contributed by atoms with E-state index in [1.165, 1.54) is 19.3 Å². The maximum atomic E-state index is 3.57. The SMILES string of the molecule is C=CC=CCCCC.[Co].